The maximum Gasteiger partial charge on any atom is 0.344 e. The second kappa shape index (κ2) is 9.67. The Balaban J connectivity index is 0.00000272. The molecule has 0 aliphatic rings. The molecule has 0 fully saturated rings. The van der Waals surface area contributed by atoms with Crippen molar-refractivity contribution in [3.8, 4) is 5.75 Å². The van der Waals surface area contributed by atoms with E-state index in [0.717, 1.165) is 45.2 Å². The summed E-state index contributed by atoms with van der Waals surface area (Å²) in [6, 6.07) is 21.6. The highest BCUT2D eigenvalue weighted by Crippen LogP contribution is 2.34. The normalized spacial score (nSPS) is 11.7. The number of aliphatic carboxylic acids is 1. The number of para-hydroxylation sites is 2. The fourth-order valence-electron chi connectivity index (χ4n) is 3.61. The number of aryl methyl sites for hydroxylation is 1. The van der Waals surface area contributed by atoms with E-state index in [0.29, 0.717) is 12.2 Å². The molecular formula is C25H25ClN2O3. The molecule has 31 heavy (non-hydrogen) atoms. The summed E-state index contributed by atoms with van der Waals surface area (Å²) in [7, 11) is 0. The van der Waals surface area contributed by atoms with Crippen molar-refractivity contribution in [2.45, 2.75) is 32.8 Å². The van der Waals surface area contributed by atoms with E-state index in [2.05, 4.69) is 30.4 Å². The lowest BCUT2D eigenvalue weighted by atomic mass is 10.0. The number of benzene rings is 3. The monoisotopic (exact) mass is 436 g/mol. The first-order valence-corrected chi connectivity index (χ1v) is 10.1. The summed E-state index contributed by atoms with van der Waals surface area (Å²) in [4.78, 5) is 16.2. The number of anilines is 2. The van der Waals surface area contributed by atoms with Gasteiger partial charge in [0.25, 0.3) is 0 Å². The smallest absolute Gasteiger partial charge is 0.344 e. The summed E-state index contributed by atoms with van der Waals surface area (Å²) in [6.45, 7) is 4.01. The number of hydrogen-bond donors (Lipinski definition) is 2. The zero-order chi connectivity index (χ0) is 21.1. The average molecular weight is 437 g/mol. The summed E-state index contributed by atoms with van der Waals surface area (Å²) >= 11 is 0. The maximum absolute atomic E-state index is 11.3. The van der Waals surface area contributed by atoms with Gasteiger partial charge in [-0.2, -0.15) is 0 Å². The van der Waals surface area contributed by atoms with Crippen LogP contribution in [-0.2, 0) is 4.79 Å². The van der Waals surface area contributed by atoms with Crippen LogP contribution in [0.4, 0.5) is 11.4 Å². The number of carbonyl (C=O) groups is 1. The third-order valence-electron chi connectivity index (χ3n) is 5.14. The van der Waals surface area contributed by atoms with E-state index in [9.17, 15) is 9.90 Å². The molecular weight excluding hydrogens is 412 g/mol. The molecule has 4 aromatic rings. The van der Waals surface area contributed by atoms with Gasteiger partial charge >= 0.3 is 5.97 Å². The minimum atomic E-state index is -0.941. The fourth-order valence-corrected chi connectivity index (χ4v) is 3.61. The number of rotatable bonds is 7. The lowest BCUT2D eigenvalue weighted by Crippen LogP contribution is -2.26. The maximum atomic E-state index is 11.3. The Morgan fingerprint density at radius 2 is 1.74 bits per heavy atom. The number of ether oxygens (including phenoxy) is 1. The SMILES string of the molecule is CCCC(Oc1ccc(Nc2c3ccccc3nc3c(C)cccc23)cc1)C(=O)O.Cl. The Bertz CT molecular complexity index is 1210. The van der Waals surface area contributed by atoms with E-state index < -0.39 is 12.1 Å². The average Bonchev–Trinajstić information content (AvgIpc) is 2.75. The van der Waals surface area contributed by atoms with Gasteiger partial charge in [0.15, 0.2) is 6.10 Å². The summed E-state index contributed by atoms with van der Waals surface area (Å²) in [5.41, 5.74) is 4.93. The highest BCUT2D eigenvalue weighted by Gasteiger charge is 2.18. The Morgan fingerprint density at radius 1 is 1.03 bits per heavy atom. The van der Waals surface area contributed by atoms with Gasteiger partial charge in [0.1, 0.15) is 5.75 Å². The Kier molecular flexibility index (Phi) is 6.98. The van der Waals surface area contributed by atoms with E-state index in [1.54, 1.807) is 12.1 Å². The molecule has 0 spiro atoms. The molecule has 0 aliphatic carbocycles. The number of nitrogens with one attached hydrogen (secondary N) is 1. The Hall–Kier alpha value is -3.31. The number of hydrogen-bond acceptors (Lipinski definition) is 4. The summed E-state index contributed by atoms with van der Waals surface area (Å²) in [6.07, 6.45) is 0.395. The Morgan fingerprint density at radius 3 is 2.45 bits per heavy atom. The van der Waals surface area contributed by atoms with E-state index in [1.807, 2.05) is 43.3 Å². The molecule has 0 aliphatic heterocycles. The van der Waals surface area contributed by atoms with Crippen molar-refractivity contribution in [3.63, 3.8) is 0 Å². The molecule has 3 aromatic carbocycles. The van der Waals surface area contributed by atoms with Crippen LogP contribution in [0.15, 0.2) is 66.7 Å². The minimum absolute atomic E-state index is 0. The fraction of sp³-hybridized carbons (Fsp3) is 0.200. The predicted molar refractivity (Wildman–Crippen MR) is 128 cm³/mol. The van der Waals surface area contributed by atoms with Gasteiger partial charge < -0.3 is 15.2 Å². The van der Waals surface area contributed by atoms with Gasteiger partial charge in [-0.3, -0.25) is 0 Å². The first-order valence-electron chi connectivity index (χ1n) is 10.1. The summed E-state index contributed by atoms with van der Waals surface area (Å²) in [5, 5.41) is 14.9. The van der Waals surface area contributed by atoms with E-state index >= 15 is 0 Å². The first kappa shape index (κ1) is 22.4. The summed E-state index contributed by atoms with van der Waals surface area (Å²) < 4.78 is 5.64. The number of carboxylic acids is 1. The second-order valence-electron chi connectivity index (χ2n) is 7.36. The molecule has 6 heteroatoms. The van der Waals surface area contributed by atoms with Crippen LogP contribution in [0, 0.1) is 6.92 Å². The second-order valence-corrected chi connectivity index (χ2v) is 7.36. The van der Waals surface area contributed by atoms with Gasteiger partial charge in [0.05, 0.1) is 16.7 Å². The summed E-state index contributed by atoms with van der Waals surface area (Å²) in [5.74, 6) is -0.397. The number of nitrogens with zero attached hydrogens (tertiary/aromatic N) is 1. The zero-order valence-corrected chi connectivity index (χ0v) is 18.3. The molecule has 0 amide bonds. The molecule has 1 atom stereocenters. The van der Waals surface area contributed by atoms with Gasteiger partial charge in [-0.25, -0.2) is 9.78 Å². The molecule has 1 unspecified atom stereocenters. The van der Waals surface area contributed by atoms with E-state index in [1.165, 1.54) is 0 Å². The first-order chi connectivity index (χ1) is 14.6. The number of pyridine rings is 1. The topological polar surface area (TPSA) is 71.5 Å². The molecule has 160 valence electrons. The van der Waals surface area contributed by atoms with E-state index in [4.69, 9.17) is 9.72 Å². The molecule has 0 saturated carbocycles. The molecule has 5 nitrogen and oxygen atoms in total. The molecule has 2 N–H and O–H groups in total. The van der Waals surface area contributed by atoms with Crippen LogP contribution < -0.4 is 10.1 Å². The molecule has 1 aromatic heterocycles. The predicted octanol–water partition coefficient (Wildman–Crippen LogP) is 6.49. The Labute approximate surface area is 187 Å². The van der Waals surface area contributed by atoms with Gasteiger partial charge in [-0.05, 0) is 49.2 Å². The third-order valence-corrected chi connectivity index (χ3v) is 5.14. The zero-order valence-electron chi connectivity index (χ0n) is 17.5. The highest BCUT2D eigenvalue weighted by atomic mass is 35.5. The van der Waals surface area contributed by atoms with Crippen LogP contribution >= 0.6 is 12.4 Å². The van der Waals surface area contributed by atoms with Crippen molar-refractivity contribution in [1.82, 2.24) is 4.98 Å². The van der Waals surface area contributed by atoms with Crippen LogP contribution in [0.25, 0.3) is 21.8 Å². The third kappa shape index (κ3) is 4.72. The molecule has 0 bridgehead atoms. The minimum Gasteiger partial charge on any atom is -0.479 e. The van der Waals surface area contributed by atoms with Crippen molar-refractivity contribution in [1.29, 1.82) is 0 Å². The van der Waals surface area contributed by atoms with Crippen LogP contribution in [0.1, 0.15) is 25.3 Å². The quantitative estimate of drug-likeness (QED) is 0.324. The van der Waals surface area contributed by atoms with Crippen molar-refractivity contribution in [3.05, 3.63) is 72.3 Å². The molecule has 0 radical (unpaired) electrons. The lowest BCUT2D eigenvalue weighted by molar-refractivity contribution is -0.145. The number of aromatic nitrogens is 1. The van der Waals surface area contributed by atoms with Crippen molar-refractivity contribution in [2.75, 3.05) is 5.32 Å². The van der Waals surface area contributed by atoms with Crippen LogP contribution in [0.3, 0.4) is 0 Å². The molecule has 0 saturated heterocycles. The highest BCUT2D eigenvalue weighted by molar-refractivity contribution is 6.09. The number of carboxylic acid groups (broad SMARTS) is 1. The molecule has 4 rings (SSSR count). The number of halogens is 1. The van der Waals surface area contributed by atoms with Gasteiger partial charge in [-0.1, -0.05) is 49.7 Å². The van der Waals surface area contributed by atoms with Crippen LogP contribution in [0.5, 0.6) is 5.75 Å². The standard InChI is InChI=1S/C25H24N2O3.ClH/c1-3-7-22(25(28)29)30-18-14-12-17(13-15-18)26-24-19-9-4-5-11-21(19)27-23-16(2)8-6-10-20(23)24;/h4-6,8-15,22H,3,7H2,1-2H3,(H,26,27)(H,28,29);1H. The van der Waals surface area contributed by atoms with E-state index in [-0.39, 0.29) is 12.4 Å². The van der Waals surface area contributed by atoms with Gasteiger partial charge in [-0.15, -0.1) is 12.4 Å². The number of fused-ring (bicyclic) bond motifs is 2. The largest absolute Gasteiger partial charge is 0.479 e. The van der Waals surface area contributed by atoms with Crippen molar-refractivity contribution in [2.24, 2.45) is 0 Å². The van der Waals surface area contributed by atoms with Crippen LogP contribution in [-0.4, -0.2) is 22.2 Å². The van der Waals surface area contributed by atoms with Crippen molar-refractivity contribution >= 4 is 51.6 Å². The van der Waals surface area contributed by atoms with Crippen LogP contribution in [0.2, 0.25) is 0 Å². The molecule has 1 heterocycles. The van der Waals surface area contributed by atoms with Gasteiger partial charge in [0, 0.05) is 16.5 Å². The lowest BCUT2D eigenvalue weighted by Gasteiger charge is -2.16. The van der Waals surface area contributed by atoms with Crippen molar-refractivity contribution < 1.29 is 14.6 Å². The van der Waals surface area contributed by atoms with Gasteiger partial charge in [0.2, 0.25) is 0 Å².